The molecule has 2 aromatic carbocycles. The predicted octanol–water partition coefficient (Wildman–Crippen LogP) is 5.03. The number of nitrogens with one attached hydrogen (secondary N) is 1. The van der Waals surface area contributed by atoms with Gasteiger partial charge in [-0.25, -0.2) is 4.21 Å². The number of aromatic nitrogens is 1. The first-order valence-electron chi connectivity index (χ1n) is 14.3. The molecule has 0 radical (unpaired) electrons. The summed E-state index contributed by atoms with van der Waals surface area (Å²) in [7, 11) is 4.63. The van der Waals surface area contributed by atoms with Crippen LogP contribution in [0.15, 0.2) is 42.5 Å². The molecule has 0 saturated heterocycles. The van der Waals surface area contributed by atoms with Crippen molar-refractivity contribution in [2.45, 2.75) is 51.0 Å². The van der Waals surface area contributed by atoms with E-state index in [2.05, 4.69) is 51.4 Å². The lowest BCUT2D eigenvalue weighted by atomic mass is 9.81. The molecule has 1 fully saturated rings. The highest BCUT2D eigenvalue weighted by Gasteiger charge is 2.28. The SMILES string of the molecule is COc1ccccc1-c1c(C2CCCCC2)c2ccc3cc2n1CCN(C)CCN(C)CCCS(=O)NC3=O. The number of nitrogens with zero attached hydrogens (tertiary/aromatic N) is 3. The second-order valence-electron chi connectivity index (χ2n) is 11.1. The fourth-order valence-corrected chi connectivity index (χ4v) is 7.02. The number of hydrogen-bond donors (Lipinski definition) is 1. The van der Waals surface area contributed by atoms with Gasteiger partial charge in [-0.2, -0.15) is 0 Å². The van der Waals surface area contributed by atoms with E-state index in [-0.39, 0.29) is 5.91 Å². The lowest BCUT2D eigenvalue weighted by Gasteiger charge is -2.25. The Morgan fingerprint density at radius 3 is 2.38 bits per heavy atom. The number of carbonyl (C=O) groups is 1. The number of para-hydroxylation sites is 1. The number of fused-ring (bicyclic) bond motifs is 1. The fourth-order valence-electron chi connectivity index (χ4n) is 6.20. The van der Waals surface area contributed by atoms with Gasteiger partial charge in [0.2, 0.25) is 0 Å². The number of ether oxygens (including phenoxy) is 1. The third kappa shape index (κ3) is 6.23. The molecule has 1 saturated carbocycles. The van der Waals surface area contributed by atoms with Gasteiger partial charge in [0, 0.05) is 54.0 Å². The van der Waals surface area contributed by atoms with Gasteiger partial charge in [-0.15, -0.1) is 0 Å². The van der Waals surface area contributed by atoms with E-state index in [1.807, 2.05) is 24.3 Å². The summed E-state index contributed by atoms with van der Waals surface area (Å²) < 4.78 is 23.7. The Bertz CT molecular complexity index is 1330. The quantitative estimate of drug-likeness (QED) is 0.496. The van der Waals surface area contributed by atoms with Crippen LogP contribution in [0.2, 0.25) is 0 Å². The second kappa shape index (κ2) is 12.7. The molecule has 1 atom stereocenters. The number of carbonyl (C=O) groups excluding carboxylic acids is 1. The van der Waals surface area contributed by atoms with Gasteiger partial charge in [0.15, 0.2) is 0 Å². The summed E-state index contributed by atoms with van der Waals surface area (Å²) in [6.07, 6.45) is 6.90. The molecule has 1 amide bonds. The van der Waals surface area contributed by atoms with Gasteiger partial charge in [0.1, 0.15) is 16.7 Å². The number of rotatable bonds is 3. The van der Waals surface area contributed by atoms with Crippen molar-refractivity contribution in [2.24, 2.45) is 0 Å². The van der Waals surface area contributed by atoms with E-state index in [0.717, 1.165) is 56.0 Å². The van der Waals surface area contributed by atoms with E-state index in [0.29, 0.717) is 17.2 Å². The molecule has 39 heavy (non-hydrogen) atoms. The lowest BCUT2D eigenvalue weighted by molar-refractivity contribution is 0.0983. The Hall–Kier alpha value is -2.68. The molecule has 1 N–H and O–H groups in total. The first-order valence-corrected chi connectivity index (χ1v) is 15.6. The fraction of sp³-hybridized carbons (Fsp3) is 0.516. The zero-order chi connectivity index (χ0) is 27.4. The molecule has 1 aliphatic carbocycles. The lowest BCUT2D eigenvalue weighted by Crippen LogP contribution is -2.34. The van der Waals surface area contributed by atoms with Crippen LogP contribution < -0.4 is 9.46 Å². The predicted molar refractivity (Wildman–Crippen MR) is 160 cm³/mol. The van der Waals surface area contributed by atoms with Crippen molar-refractivity contribution in [3.05, 3.63) is 53.6 Å². The first-order chi connectivity index (χ1) is 19.0. The number of likely N-dealkylation sites (N-methyl/N-ethyl adjacent to an activating group) is 2. The summed E-state index contributed by atoms with van der Waals surface area (Å²) in [6.45, 7) is 4.45. The van der Waals surface area contributed by atoms with Crippen LogP contribution in [0.1, 0.15) is 60.4 Å². The van der Waals surface area contributed by atoms with Crippen LogP contribution in [-0.2, 0) is 17.5 Å². The minimum absolute atomic E-state index is 0.279. The number of benzene rings is 2. The summed E-state index contributed by atoms with van der Waals surface area (Å²) >= 11 is 0. The largest absolute Gasteiger partial charge is 0.496 e. The van der Waals surface area contributed by atoms with Crippen LogP contribution in [0.4, 0.5) is 0 Å². The van der Waals surface area contributed by atoms with Gasteiger partial charge in [-0.05, 0) is 75.6 Å². The summed E-state index contributed by atoms with van der Waals surface area (Å²) in [5.41, 5.74) is 5.30. The van der Waals surface area contributed by atoms with Gasteiger partial charge in [0.05, 0.1) is 12.8 Å². The molecule has 210 valence electrons. The Balaban J connectivity index is 1.70. The van der Waals surface area contributed by atoms with Gasteiger partial charge in [0.25, 0.3) is 5.91 Å². The highest BCUT2D eigenvalue weighted by Crippen LogP contribution is 2.46. The zero-order valence-corrected chi connectivity index (χ0v) is 24.4. The van der Waals surface area contributed by atoms with Crippen LogP contribution in [0.25, 0.3) is 22.2 Å². The molecule has 8 heteroatoms. The molecule has 1 aliphatic heterocycles. The monoisotopic (exact) mass is 550 g/mol. The second-order valence-corrected chi connectivity index (χ2v) is 12.4. The first kappa shape index (κ1) is 27.9. The molecule has 1 aromatic heterocycles. The third-order valence-electron chi connectivity index (χ3n) is 8.39. The zero-order valence-electron chi connectivity index (χ0n) is 23.6. The van der Waals surface area contributed by atoms with Crippen molar-refractivity contribution in [3.63, 3.8) is 0 Å². The highest BCUT2D eigenvalue weighted by atomic mass is 32.2. The average molecular weight is 551 g/mol. The van der Waals surface area contributed by atoms with Crippen molar-refractivity contribution < 1.29 is 13.7 Å². The van der Waals surface area contributed by atoms with Crippen molar-refractivity contribution in [3.8, 4) is 17.0 Å². The van der Waals surface area contributed by atoms with Crippen molar-refractivity contribution in [1.82, 2.24) is 19.1 Å². The summed E-state index contributed by atoms with van der Waals surface area (Å²) in [6, 6.07) is 14.3. The highest BCUT2D eigenvalue weighted by molar-refractivity contribution is 7.83. The minimum Gasteiger partial charge on any atom is -0.496 e. The van der Waals surface area contributed by atoms with Crippen LogP contribution in [0, 0.1) is 0 Å². The molecule has 2 aliphatic rings. The number of hydrogen-bond acceptors (Lipinski definition) is 5. The average Bonchev–Trinajstić information content (AvgIpc) is 3.28. The molecule has 0 spiro atoms. The van der Waals surface area contributed by atoms with Gasteiger partial charge in [-0.3, -0.25) is 9.52 Å². The van der Waals surface area contributed by atoms with Crippen LogP contribution in [-0.4, -0.2) is 77.6 Å². The molecule has 2 bridgehead atoms. The van der Waals surface area contributed by atoms with E-state index < -0.39 is 11.0 Å². The van der Waals surface area contributed by atoms with E-state index in [1.54, 1.807) is 7.11 Å². The standard InChI is InChI=1S/C31H42N4O3S/c1-33-16-9-21-39(37)32-31(36)24-14-15-25-27(22-24)35(20-19-34(2)18-17-33)30(26-12-7-8-13-28(26)38-3)29(25)23-10-5-4-6-11-23/h7-8,12-15,22-23H,4-6,9-11,16-21H2,1-3H3,(H,32,36). The summed E-state index contributed by atoms with van der Waals surface area (Å²) in [5, 5.41) is 1.21. The Morgan fingerprint density at radius 1 is 0.897 bits per heavy atom. The Labute approximate surface area is 235 Å². The van der Waals surface area contributed by atoms with Crippen LogP contribution in [0.3, 0.4) is 0 Å². The molecule has 1 unspecified atom stereocenters. The normalized spacial score (nSPS) is 21.3. The van der Waals surface area contributed by atoms with Crippen LogP contribution in [0.5, 0.6) is 5.75 Å². The van der Waals surface area contributed by atoms with E-state index in [1.165, 1.54) is 48.7 Å². The maximum absolute atomic E-state index is 13.2. The summed E-state index contributed by atoms with van der Waals surface area (Å²) in [4.78, 5) is 17.9. The molecule has 5 rings (SSSR count). The van der Waals surface area contributed by atoms with Crippen molar-refractivity contribution in [1.29, 1.82) is 0 Å². The molecular weight excluding hydrogens is 508 g/mol. The van der Waals surface area contributed by atoms with Gasteiger partial charge < -0.3 is 19.1 Å². The minimum atomic E-state index is -1.40. The molecule has 3 aromatic rings. The van der Waals surface area contributed by atoms with Gasteiger partial charge in [-0.1, -0.05) is 37.5 Å². The van der Waals surface area contributed by atoms with Crippen molar-refractivity contribution >= 4 is 27.8 Å². The smallest absolute Gasteiger partial charge is 0.263 e. The van der Waals surface area contributed by atoms with E-state index >= 15 is 0 Å². The van der Waals surface area contributed by atoms with Crippen molar-refractivity contribution in [2.75, 3.05) is 53.1 Å². The Morgan fingerprint density at radius 2 is 1.62 bits per heavy atom. The number of amides is 1. The summed E-state index contributed by atoms with van der Waals surface area (Å²) in [5.74, 6) is 1.51. The Kier molecular flexibility index (Phi) is 9.05. The maximum Gasteiger partial charge on any atom is 0.263 e. The molecular formula is C31H42N4O3S. The van der Waals surface area contributed by atoms with E-state index in [4.69, 9.17) is 4.74 Å². The van der Waals surface area contributed by atoms with E-state index in [9.17, 15) is 9.00 Å². The van der Waals surface area contributed by atoms with Crippen LogP contribution >= 0.6 is 0 Å². The van der Waals surface area contributed by atoms with Gasteiger partial charge >= 0.3 is 0 Å². The molecule has 7 nitrogen and oxygen atoms in total. The topological polar surface area (TPSA) is 66.8 Å². The third-order valence-corrected chi connectivity index (χ3v) is 9.46. The molecule has 2 heterocycles. The maximum atomic E-state index is 13.2. The number of methoxy groups -OCH3 is 1.